The molecule has 0 rings (SSSR count). The Labute approximate surface area is 600 Å². The summed E-state index contributed by atoms with van der Waals surface area (Å²) in [5.41, 5.74) is 0. The molecule has 0 bridgehead atoms. The summed E-state index contributed by atoms with van der Waals surface area (Å²) in [6, 6.07) is 0. The summed E-state index contributed by atoms with van der Waals surface area (Å²) in [5.74, 6) is 0.907. The number of carbonyl (C=O) groups is 4. The molecule has 2 unspecified atom stereocenters. The Bertz CT molecular complexity index is 1920. The van der Waals surface area contributed by atoms with Crippen LogP contribution in [0, 0.1) is 23.7 Å². The highest BCUT2D eigenvalue weighted by molar-refractivity contribution is 7.47. The van der Waals surface area contributed by atoms with Crippen LogP contribution in [-0.2, 0) is 65.4 Å². The fourth-order valence-electron chi connectivity index (χ4n) is 12.1. The van der Waals surface area contributed by atoms with Crippen molar-refractivity contribution in [1.29, 1.82) is 0 Å². The lowest BCUT2D eigenvalue weighted by molar-refractivity contribution is -0.161. The molecule has 0 saturated heterocycles. The Morgan fingerprint density at radius 2 is 0.429 bits per heavy atom. The van der Waals surface area contributed by atoms with Crippen LogP contribution < -0.4 is 0 Å². The van der Waals surface area contributed by atoms with E-state index in [-0.39, 0.29) is 25.7 Å². The first kappa shape index (κ1) is 96.1. The molecule has 0 aliphatic heterocycles. The number of hydrogen-bond donors (Lipinski definition) is 3. The van der Waals surface area contributed by atoms with Crippen LogP contribution in [0.1, 0.15) is 402 Å². The third-order valence-electron chi connectivity index (χ3n) is 18.3. The lowest BCUT2D eigenvalue weighted by atomic mass is 10.0. The Balaban J connectivity index is 5.21. The van der Waals surface area contributed by atoms with Crippen molar-refractivity contribution in [1.82, 2.24) is 0 Å². The highest BCUT2D eigenvalue weighted by atomic mass is 31.2. The van der Waals surface area contributed by atoms with Crippen LogP contribution in [0.25, 0.3) is 0 Å². The summed E-state index contributed by atoms with van der Waals surface area (Å²) >= 11 is 0. The van der Waals surface area contributed by atoms with Crippen LogP contribution in [-0.4, -0.2) is 96.7 Å². The van der Waals surface area contributed by atoms with Crippen molar-refractivity contribution >= 4 is 39.5 Å². The van der Waals surface area contributed by atoms with Gasteiger partial charge >= 0.3 is 39.5 Å². The van der Waals surface area contributed by atoms with Gasteiger partial charge in [0.25, 0.3) is 0 Å². The number of ether oxygens (including phenoxy) is 4. The molecular formula is C79H154O17P2. The maximum Gasteiger partial charge on any atom is 0.472 e. The molecule has 0 aromatic rings. The van der Waals surface area contributed by atoms with Crippen LogP contribution in [0.5, 0.6) is 0 Å². The lowest BCUT2D eigenvalue weighted by Gasteiger charge is -2.21. The normalized spacial score (nSPS) is 14.1. The molecule has 0 aromatic heterocycles. The van der Waals surface area contributed by atoms with E-state index in [1.54, 1.807) is 0 Å². The van der Waals surface area contributed by atoms with E-state index in [0.717, 1.165) is 114 Å². The number of phosphoric acid groups is 2. The molecule has 0 fully saturated rings. The highest BCUT2D eigenvalue weighted by Gasteiger charge is 2.30. The second kappa shape index (κ2) is 68.2. The van der Waals surface area contributed by atoms with Crippen LogP contribution >= 0.6 is 15.6 Å². The van der Waals surface area contributed by atoms with E-state index in [9.17, 15) is 43.2 Å². The van der Waals surface area contributed by atoms with E-state index in [1.165, 1.54) is 199 Å². The second-order valence-electron chi connectivity index (χ2n) is 30.4. The van der Waals surface area contributed by atoms with Gasteiger partial charge in [-0.05, 0) is 49.4 Å². The zero-order chi connectivity index (χ0) is 72.4. The molecule has 3 N–H and O–H groups in total. The first-order valence-electron chi connectivity index (χ1n) is 40.7. The molecule has 17 nitrogen and oxygen atoms in total. The fraction of sp³-hybridized carbons (Fsp3) is 0.949. The minimum Gasteiger partial charge on any atom is -0.462 e. The van der Waals surface area contributed by atoms with Gasteiger partial charge in [0, 0.05) is 25.7 Å². The molecule has 0 saturated carbocycles. The highest BCUT2D eigenvalue weighted by Crippen LogP contribution is 2.45. The largest absolute Gasteiger partial charge is 0.472 e. The topological polar surface area (TPSA) is 237 Å². The van der Waals surface area contributed by atoms with Gasteiger partial charge in [0.05, 0.1) is 26.4 Å². The molecule has 0 radical (unpaired) electrons. The standard InChI is InChI=1S/C79H154O17P2/c1-69(2)55-47-39-31-25-20-16-13-11-9-10-12-14-18-23-29-35-45-53-61-78(83)95-74(65-89-76(81)59-51-43-34-28-22-19-15-17-21-26-32-40-48-56-70(3)4)67-93-97(85,86)91-63-73(80)64-92-98(87,88)94-68-75(66-90-77(82)60-52-44-38-37-42-50-58-72(7)8)96-79(84)62-54-46-36-30-24-27-33-41-49-57-71(5)6/h69-75,80H,9-68H2,1-8H3,(H,85,86)(H,87,88)/t73-,74-,75-/m1/s1. The van der Waals surface area contributed by atoms with Gasteiger partial charge in [0.2, 0.25) is 0 Å². The van der Waals surface area contributed by atoms with E-state index in [4.69, 9.17) is 37.0 Å². The van der Waals surface area contributed by atoms with Gasteiger partial charge in [-0.25, -0.2) is 9.13 Å². The SMILES string of the molecule is CC(C)CCCCCCCCCCCCCCCCCCCCC(=O)O[C@H](COC(=O)CCCCCCCCCCCCCCCC(C)C)COP(=O)(O)OC[C@@H](O)COP(=O)(O)OC[C@@H](COC(=O)CCCCCCCCC(C)C)OC(=O)CCCCCCCCCCCC(C)C. The maximum atomic E-state index is 13.1. The average molecular weight is 1440 g/mol. The summed E-state index contributed by atoms with van der Waals surface area (Å²) in [5, 5.41) is 10.6. The van der Waals surface area contributed by atoms with Crippen molar-refractivity contribution < 1.29 is 80.2 Å². The summed E-state index contributed by atoms with van der Waals surface area (Å²) in [6.45, 7) is 14.2. The number of phosphoric ester groups is 2. The summed E-state index contributed by atoms with van der Waals surface area (Å²) in [4.78, 5) is 72.9. The minimum absolute atomic E-state index is 0.104. The van der Waals surface area contributed by atoms with E-state index >= 15 is 0 Å². The van der Waals surface area contributed by atoms with Crippen molar-refractivity contribution in [3.05, 3.63) is 0 Å². The average Bonchev–Trinajstić information content (AvgIpc) is 0.957. The summed E-state index contributed by atoms with van der Waals surface area (Å²) in [6.07, 6.45) is 54.4. The van der Waals surface area contributed by atoms with Gasteiger partial charge in [-0.15, -0.1) is 0 Å². The number of aliphatic hydroxyl groups excluding tert-OH is 1. The molecule has 98 heavy (non-hydrogen) atoms. The van der Waals surface area contributed by atoms with Gasteiger partial charge in [0.15, 0.2) is 12.2 Å². The lowest BCUT2D eigenvalue weighted by Crippen LogP contribution is -2.30. The smallest absolute Gasteiger partial charge is 0.462 e. The van der Waals surface area contributed by atoms with Crippen molar-refractivity contribution in [2.75, 3.05) is 39.6 Å². The van der Waals surface area contributed by atoms with Crippen molar-refractivity contribution in [3.8, 4) is 0 Å². The summed E-state index contributed by atoms with van der Waals surface area (Å²) < 4.78 is 68.6. The van der Waals surface area contributed by atoms with Crippen LogP contribution in [0.2, 0.25) is 0 Å². The number of hydrogen-bond acceptors (Lipinski definition) is 15. The molecule has 582 valence electrons. The van der Waals surface area contributed by atoms with Crippen LogP contribution in [0.15, 0.2) is 0 Å². The molecule has 0 aromatic carbocycles. The molecule has 19 heteroatoms. The summed E-state index contributed by atoms with van der Waals surface area (Å²) in [7, 11) is -9.92. The predicted molar refractivity (Wildman–Crippen MR) is 400 cm³/mol. The van der Waals surface area contributed by atoms with Gasteiger partial charge in [0.1, 0.15) is 19.3 Å². The predicted octanol–water partition coefficient (Wildman–Crippen LogP) is 23.2. The molecule has 5 atom stereocenters. The van der Waals surface area contributed by atoms with Gasteiger partial charge in [-0.2, -0.15) is 0 Å². The van der Waals surface area contributed by atoms with Crippen molar-refractivity contribution in [3.63, 3.8) is 0 Å². The first-order chi connectivity index (χ1) is 47.1. The molecule has 0 aliphatic carbocycles. The van der Waals surface area contributed by atoms with E-state index in [0.29, 0.717) is 31.6 Å². The Morgan fingerprint density at radius 1 is 0.255 bits per heavy atom. The minimum atomic E-state index is -4.96. The van der Waals surface area contributed by atoms with Crippen molar-refractivity contribution in [2.45, 2.75) is 420 Å². The fourth-order valence-corrected chi connectivity index (χ4v) is 13.7. The van der Waals surface area contributed by atoms with Gasteiger partial charge < -0.3 is 33.8 Å². The number of carbonyl (C=O) groups excluding carboxylic acids is 4. The molecule has 0 amide bonds. The number of unbranched alkanes of at least 4 members (excludes halogenated alkanes) is 42. The first-order valence-corrected chi connectivity index (χ1v) is 43.7. The zero-order valence-corrected chi connectivity index (χ0v) is 66.2. The van der Waals surface area contributed by atoms with E-state index in [2.05, 4.69) is 55.4 Å². The number of rotatable bonds is 76. The van der Waals surface area contributed by atoms with Crippen LogP contribution in [0.3, 0.4) is 0 Å². The number of esters is 4. The van der Waals surface area contributed by atoms with Gasteiger partial charge in [-0.3, -0.25) is 37.3 Å². The maximum absolute atomic E-state index is 13.1. The Hall–Kier alpha value is -1.94. The van der Waals surface area contributed by atoms with Crippen molar-refractivity contribution in [2.24, 2.45) is 23.7 Å². The molecule has 0 spiro atoms. The van der Waals surface area contributed by atoms with Crippen LogP contribution in [0.4, 0.5) is 0 Å². The zero-order valence-electron chi connectivity index (χ0n) is 64.4. The third kappa shape index (κ3) is 72.4. The monoisotopic (exact) mass is 1440 g/mol. The Kier molecular flexibility index (Phi) is 66.8. The molecule has 0 aliphatic rings. The number of aliphatic hydroxyl groups is 1. The van der Waals surface area contributed by atoms with E-state index in [1.807, 2.05) is 0 Å². The molecule has 0 heterocycles. The molecular weight excluding hydrogens is 1280 g/mol. The third-order valence-corrected chi connectivity index (χ3v) is 20.2. The Morgan fingerprint density at radius 3 is 0.633 bits per heavy atom. The second-order valence-corrected chi connectivity index (χ2v) is 33.3. The quantitative estimate of drug-likeness (QED) is 0.0222. The van der Waals surface area contributed by atoms with Gasteiger partial charge in [-0.1, -0.05) is 351 Å². The van der Waals surface area contributed by atoms with E-state index < -0.39 is 97.5 Å².